The molecule has 0 bridgehead atoms. The lowest BCUT2D eigenvalue weighted by Crippen LogP contribution is -2.38. The highest BCUT2D eigenvalue weighted by atomic mass is 35.5. The topological polar surface area (TPSA) is 38.0 Å². The molecule has 0 saturated heterocycles. The summed E-state index contributed by atoms with van der Waals surface area (Å²) in [6.07, 6.45) is 1.18. The van der Waals surface area contributed by atoms with Gasteiger partial charge in [0.15, 0.2) is 0 Å². The Hall–Kier alpha value is -1.42. The molecule has 0 heterocycles. The Kier molecular flexibility index (Phi) is 5.34. The summed E-state index contributed by atoms with van der Waals surface area (Å²) < 4.78 is 13.9. The summed E-state index contributed by atoms with van der Waals surface area (Å²) in [5, 5.41) is 0.440. The molecule has 0 fully saturated rings. The van der Waals surface area contributed by atoms with Gasteiger partial charge in [0, 0.05) is 16.6 Å². The van der Waals surface area contributed by atoms with E-state index >= 15 is 0 Å². The fourth-order valence-electron chi connectivity index (χ4n) is 2.64. The fraction of sp³-hybridized carbons (Fsp3) is 0.294. The summed E-state index contributed by atoms with van der Waals surface area (Å²) in [7, 11) is 0. The van der Waals surface area contributed by atoms with Crippen LogP contribution in [0.15, 0.2) is 36.4 Å². The smallest absolute Gasteiger partial charge is 0.127 e. The quantitative estimate of drug-likeness (QED) is 0.653. The molecule has 0 aliphatic heterocycles. The van der Waals surface area contributed by atoms with Gasteiger partial charge in [-0.25, -0.2) is 4.39 Å². The Balaban J connectivity index is 2.17. The van der Waals surface area contributed by atoms with Crippen molar-refractivity contribution >= 4 is 11.6 Å². The van der Waals surface area contributed by atoms with E-state index in [1.54, 1.807) is 12.1 Å². The number of rotatable bonds is 5. The van der Waals surface area contributed by atoms with Crippen molar-refractivity contribution in [1.29, 1.82) is 0 Å². The summed E-state index contributed by atoms with van der Waals surface area (Å²) in [4.78, 5) is 0. The van der Waals surface area contributed by atoms with Crippen LogP contribution in [0.3, 0.4) is 0 Å². The molecule has 2 rings (SSSR count). The first-order chi connectivity index (χ1) is 9.99. The monoisotopic (exact) mass is 306 g/mol. The van der Waals surface area contributed by atoms with Crippen molar-refractivity contribution in [2.45, 2.75) is 32.7 Å². The molecule has 112 valence electrons. The van der Waals surface area contributed by atoms with Gasteiger partial charge in [0.1, 0.15) is 5.82 Å². The Morgan fingerprint density at radius 1 is 1.14 bits per heavy atom. The Morgan fingerprint density at radius 2 is 1.81 bits per heavy atom. The zero-order valence-electron chi connectivity index (χ0n) is 12.3. The molecule has 3 N–H and O–H groups in total. The largest absolute Gasteiger partial charge is 0.271 e. The van der Waals surface area contributed by atoms with Crippen LogP contribution >= 0.6 is 11.6 Å². The lowest BCUT2D eigenvalue weighted by atomic mass is 9.97. The first-order valence-corrected chi connectivity index (χ1v) is 7.33. The van der Waals surface area contributed by atoms with E-state index in [-0.39, 0.29) is 11.9 Å². The molecule has 0 amide bonds. The number of hydrogen-bond donors (Lipinski definition) is 2. The molecule has 4 heteroatoms. The molecule has 0 aliphatic rings. The van der Waals surface area contributed by atoms with Gasteiger partial charge in [-0.05, 0) is 44.4 Å². The number of nitrogens with one attached hydrogen (secondary N) is 1. The van der Waals surface area contributed by atoms with Gasteiger partial charge >= 0.3 is 0 Å². The number of aryl methyl sites for hydroxylation is 2. The molecule has 2 nitrogen and oxygen atoms in total. The number of hydrogen-bond acceptors (Lipinski definition) is 2. The number of hydrazine groups is 1. The minimum atomic E-state index is -0.289. The third-order valence-electron chi connectivity index (χ3n) is 3.51. The minimum absolute atomic E-state index is 0.0689. The summed E-state index contributed by atoms with van der Waals surface area (Å²) in [6.45, 7) is 4.13. The van der Waals surface area contributed by atoms with Crippen LogP contribution in [-0.2, 0) is 12.8 Å². The first-order valence-electron chi connectivity index (χ1n) is 6.95. The van der Waals surface area contributed by atoms with Gasteiger partial charge in [0.25, 0.3) is 0 Å². The molecule has 0 saturated carbocycles. The molecule has 0 aliphatic carbocycles. The maximum absolute atomic E-state index is 13.9. The summed E-state index contributed by atoms with van der Waals surface area (Å²) >= 11 is 6.08. The molecule has 0 spiro atoms. The molecule has 2 aromatic carbocycles. The van der Waals surface area contributed by atoms with Crippen LogP contribution in [0.4, 0.5) is 4.39 Å². The van der Waals surface area contributed by atoms with Crippen molar-refractivity contribution < 1.29 is 4.39 Å². The van der Waals surface area contributed by atoms with Crippen LogP contribution in [0, 0.1) is 19.7 Å². The summed E-state index contributed by atoms with van der Waals surface area (Å²) in [5.74, 6) is 5.34. The Bertz CT molecular complexity index is 588. The first kappa shape index (κ1) is 16.0. The van der Waals surface area contributed by atoms with E-state index in [1.807, 2.05) is 0 Å². The molecule has 2 aromatic rings. The van der Waals surface area contributed by atoms with Crippen molar-refractivity contribution in [2.24, 2.45) is 5.84 Å². The highest BCUT2D eigenvalue weighted by Crippen LogP contribution is 2.21. The van der Waals surface area contributed by atoms with Gasteiger partial charge in [-0.15, -0.1) is 0 Å². The van der Waals surface area contributed by atoms with Gasteiger partial charge in [-0.1, -0.05) is 47.0 Å². The van der Waals surface area contributed by atoms with E-state index < -0.39 is 0 Å². The van der Waals surface area contributed by atoms with E-state index in [4.69, 9.17) is 17.4 Å². The van der Waals surface area contributed by atoms with E-state index in [0.29, 0.717) is 17.0 Å². The van der Waals surface area contributed by atoms with Crippen molar-refractivity contribution in [2.75, 3.05) is 0 Å². The lowest BCUT2D eigenvalue weighted by molar-refractivity contribution is 0.506. The molecule has 0 radical (unpaired) electrons. The van der Waals surface area contributed by atoms with Crippen molar-refractivity contribution in [3.8, 4) is 0 Å². The zero-order chi connectivity index (χ0) is 15.4. The van der Waals surface area contributed by atoms with E-state index in [9.17, 15) is 4.39 Å². The van der Waals surface area contributed by atoms with Crippen molar-refractivity contribution in [3.05, 3.63) is 69.5 Å². The van der Waals surface area contributed by atoms with Gasteiger partial charge in [-0.3, -0.25) is 11.3 Å². The third-order valence-corrected chi connectivity index (χ3v) is 3.87. The molecule has 0 aromatic heterocycles. The second-order valence-corrected chi connectivity index (χ2v) is 5.88. The van der Waals surface area contributed by atoms with Crippen LogP contribution in [0.5, 0.6) is 0 Å². The third kappa shape index (κ3) is 4.27. The zero-order valence-corrected chi connectivity index (χ0v) is 13.0. The Labute approximate surface area is 130 Å². The van der Waals surface area contributed by atoms with E-state index in [2.05, 4.69) is 37.5 Å². The van der Waals surface area contributed by atoms with E-state index in [1.165, 1.54) is 22.8 Å². The molecule has 21 heavy (non-hydrogen) atoms. The lowest BCUT2D eigenvalue weighted by Gasteiger charge is -2.18. The van der Waals surface area contributed by atoms with Crippen LogP contribution < -0.4 is 11.3 Å². The SMILES string of the molecule is Cc1cc(C)cc(CC(Cc2c(F)cccc2Cl)NN)c1. The van der Waals surface area contributed by atoms with Gasteiger partial charge in [-0.2, -0.15) is 0 Å². The summed E-state index contributed by atoms with van der Waals surface area (Å²) in [6, 6.07) is 11.0. The second-order valence-electron chi connectivity index (χ2n) is 5.47. The molecular weight excluding hydrogens is 287 g/mol. The van der Waals surface area contributed by atoms with E-state index in [0.717, 1.165) is 6.42 Å². The Morgan fingerprint density at radius 3 is 2.38 bits per heavy atom. The average molecular weight is 307 g/mol. The predicted octanol–water partition coefficient (Wildman–Crippen LogP) is 3.71. The van der Waals surface area contributed by atoms with Crippen LogP contribution in [0.25, 0.3) is 0 Å². The maximum Gasteiger partial charge on any atom is 0.127 e. The number of nitrogens with two attached hydrogens (primary N) is 1. The fourth-order valence-corrected chi connectivity index (χ4v) is 2.88. The average Bonchev–Trinajstić information content (AvgIpc) is 2.40. The van der Waals surface area contributed by atoms with Crippen LogP contribution in [0.2, 0.25) is 5.02 Å². The highest BCUT2D eigenvalue weighted by molar-refractivity contribution is 6.31. The van der Waals surface area contributed by atoms with Crippen LogP contribution in [0.1, 0.15) is 22.3 Å². The van der Waals surface area contributed by atoms with Crippen LogP contribution in [-0.4, -0.2) is 6.04 Å². The number of benzene rings is 2. The normalized spacial score (nSPS) is 12.4. The molecule has 1 unspecified atom stereocenters. The molecular formula is C17H20ClFN2. The second kappa shape index (κ2) is 7.03. The molecule has 1 atom stereocenters. The minimum Gasteiger partial charge on any atom is -0.271 e. The van der Waals surface area contributed by atoms with Gasteiger partial charge in [0.05, 0.1) is 0 Å². The van der Waals surface area contributed by atoms with Crippen molar-refractivity contribution in [3.63, 3.8) is 0 Å². The highest BCUT2D eigenvalue weighted by Gasteiger charge is 2.14. The van der Waals surface area contributed by atoms with Gasteiger partial charge in [0.2, 0.25) is 0 Å². The number of halogens is 2. The van der Waals surface area contributed by atoms with Crippen molar-refractivity contribution in [1.82, 2.24) is 5.43 Å². The predicted molar refractivity (Wildman–Crippen MR) is 85.8 cm³/mol. The standard InChI is InChI=1S/C17H20ClFN2/c1-11-6-12(2)8-13(7-11)9-14(21-20)10-15-16(18)4-3-5-17(15)19/h3-8,14,21H,9-10,20H2,1-2H3. The maximum atomic E-state index is 13.9. The summed E-state index contributed by atoms with van der Waals surface area (Å²) in [5.41, 5.74) is 6.88. The van der Waals surface area contributed by atoms with Gasteiger partial charge < -0.3 is 0 Å².